The van der Waals surface area contributed by atoms with Crippen molar-refractivity contribution >= 4 is 53.3 Å². The van der Waals surface area contributed by atoms with Crippen LogP contribution in [-0.2, 0) is 5.75 Å². The molecule has 0 aromatic heterocycles. The summed E-state index contributed by atoms with van der Waals surface area (Å²) in [6, 6.07) is 13.3. The van der Waals surface area contributed by atoms with Crippen LogP contribution in [0.3, 0.4) is 0 Å². The number of benzene rings is 2. The number of hydrogen-bond donors (Lipinski definition) is 1. The van der Waals surface area contributed by atoms with Crippen LogP contribution in [0.25, 0.3) is 0 Å². The standard InChI is InChI=1S/C18H18Cl2N2OS.ClH/c19-14-7-15(20)9-17(8-14)24-11-12-2-1-3-13(6-12)18(23)22-5-4-16(21)10-22;/h1-3,6-9,16H,4-5,10-11,21H2;1H/t16-;/m1./s1. The van der Waals surface area contributed by atoms with Gasteiger partial charge in [0.25, 0.3) is 5.91 Å². The summed E-state index contributed by atoms with van der Waals surface area (Å²) in [5.74, 6) is 0.803. The lowest BCUT2D eigenvalue weighted by Crippen LogP contribution is -2.31. The van der Waals surface area contributed by atoms with E-state index >= 15 is 0 Å². The van der Waals surface area contributed by atoms with Crippen molar-refractivity contribution < 1.29 is 4.79 Å². The molecule has 2 aromatic carbocycles. The molecule has 1 atom stereocenters. The average Bonchev–Trinajstić information content (AvgIpc) is 2.98. The van der Waals surface area contributed by atoms with Crippen molar-refractivity contribution in [2.24, 2.45) is 5.73 Å². The van der Waals surface area contributed by atoms with E-state index in [1.807, 2.05) is 41.3 Å². The van der Waals surface area contributed by atoms with E-state index in [4.69, 9.17) is 28.9 Å². The van der Waals surface area contributed by atoms with Crippen molar-refractivity contribution in [3.63, 3.8) is 0 Å². The van der Waals surface area contributed by atoms with E-state index in [9.17, 15) is 4.79 Å². The molecule has 7 heteroatoms. The monoisotopic (exact) mass is 416 g/mol. The molecule has 2 N–H and O–H groups in total. The predicted molar refractivity (Wildman–Crippen MR) is 108 cm³/mol. The molecule has 1 amide bonds. The highest BCUT2D eigenvalue weighted by molar-refractivity contribution is 7.98. The number of hydrogen-bond acceptors (Lipinski definition) is 3. The van der Waals surface area contributed by atoms with Gasteiger partial charge in [0, 0.05) is 45.4 Å². The second kappa shape index (κ2) is 9.15. The van der Waals surface area contributed by atoms with Gasteiger partial charge in [-0.2, -0.15) is 0 Å². The van der Waals surface area contributed by atoms with Crippen molar-refractivity contribution in [3.8, 4) is 0 Å². The zero-order valence-electron chi connectivity index (χ0n) is 13.5. The van der Waals surface area contributed by atoms with Crippen LogP contribution in [0.4, 0.5) is 0 Å². The van der Waals surface area contributed by atoms with Crippen LogP contribution in [0.15, 0.2) is 47.4 Å². The predicted octanol–water partition coefficient (Wildman–Crippen LogP) is 4.88. The molecule has 2 aromatic rings. The summed E-state index contributed by atoms with van der Waals surface area (Å²) in [5.41, 5.74) is 7.69. The molecule has 0 aliphatic carbocycles. The van der Waals surface area contributed by atoms with Gasteiger partial charge in [-0.1, -0.05) is 35.3 Å². The fraction of sp³-hybridized carbons (Fsp3) is 0.278. The minimum Gasteiger partial charge on any atom is -0.337 e. The number of nitrogens with zero attached hydrogens (tertiary/aromatic N) is 1. The lowest BCUT2D eigenvalue weighted by molar-refractivity contribution is 0.0791. The Bertz CT molecular complexity index is 737. The molecule has 0 spiro atoms. The van der Waals surface area contributed by atoms with Gasteiger partial charge >= 0.3 is 0 Å². The van der Waals surface area contributed by atoms with Gasteiger partial charge in [0.2, 0.25) is 0 Å². The summed E-state index contributed by atoms with van der Waals surface area (Å²) in [6.07, 6.45) is 0.872. The summed E-state index contributed by atoms with van der Waals surface area (Å²) in [4.78, 5) is 15.4. The van der Waals surface area contributed by atoms with E-state index in [1.54, 1.807) is 17.8 Å². The van der Waals surface area contributed by atoms with E-state index < -0.39 is 0 Å². The van der Waals surface area contributed by atoms with E-state index in [0.717, 1.165) is 29.2 Å². The zero-order chi connectivity index (χ0) is 17.1. The molecule has 25 heavy (non-hydrogen) atoms. The van der Waals surface area contributed by atoms with Crippen molar-refractivity contribution in [2.75, 3.05) is 13.1 Å². The molecule has 1 saturated heterocycles. The van der Waals surface area contributed by atoms with Gasteiger partial charge in [0.15, 0.2) is 0 Å². The van der Waals surface area contributed by atoms with Gasteiger partial charge in [0.05, 0.1) is 0 Å². The van der Waals surface area contributed by atoms with Gasteiger partial charge in [-0.15, -0.1) is 24.2 Å². The SMILES string of the molecule is Cl.N[C@@H]1CCN(C(=O)c2cccc(CSc3cc(Cl)cc(Cl)c3)c2)C1. The number of nitrogens with two attached hydrogens (primary N) is 1. The maximum Gasteiger partial charge on any atom is 0.253 e. The van der Waals surface area contributed by atoms with Crippen molar-refractivity contribution in [1.82, 2.24) is 4.90 Å². The lowest BCUT2D eigenvalue weighted by atomic mass is 10.1. The Labute approximate surface area is 168 Å². The Morgan fingerprint density at radius 1 is 1.20 bits per heavy atom. The molecule has 1 fully saturated rings. The molecule has 134 valence electrons. The number of carbonyl (C=O) groups excluding carboxylic acids is 1. The molecule has 3 rings (SSSR count). The van der Waals surface area contributed by atoms with E-state index in [1.165, 1.54) is 0 Å². The van der Waals surface area contributed by atoms with Gasteiger partial charge in [0.1, 0.15) is 0 Å². The number of likely N-dealkylation sites (tertiary alicyclic amines) is 1. The molecule has 1 aliphatic rings. The smallest absolute Gasteiger partial charge is 0.253 e. The fourth-order valence-corrected chi connectivity index (χ4v) is 4.32. The van der Waals surface area contributed by atoms with Crippen LogP contribution in [0.5, 0.6) is 0 Å². The molecule has 1 heterocycles. The summed E-state index contributed by atoms with van der Waals surface area (Å²) in [5, 5.41) is 1.25. The Morgan fingerprint density at radius 2 is 1.92 bits per heavy atom. The first kappa shape index (κ1) is 20.4. The van der Waals surface area contributed by atoms with Crippen LogP contribution in [0.2, 0.25) is 10.0 Å². The first-order valence-corrected chi connectivity index (χ1v) is 9.48. The third-order valence-corrected chi connectivity index (χ3v) is 5.41. The summed E-state index contributed by atoms with van der Waals surface area (Å²) in [7, 11) is 0. The van der Waals surface area contributed by atoms with Crippen molar-refractivity contribution in [1.29, 1.82) is 0 Å². The van der Waals surface area contributed by atoms with E-state index in [2.05, 4.69) is 0 Å². The maximum atomic E-state index is 12.5. The molecule has 0 bridgehead atoms. The molecule has 0 radical (unpaired) electrons. The van der Waals surface area contributed by atoms with Crippen LogP contribution < -0.4 is 5.73 Å². The third kappa shape index (κ3) is 5.53. The summed E-state index contributed by atoms with van der Waals surface area (Å²) in [6.45, 7) is 1.37. The topological polar surface area (TPSA) is 46.3 Å². The second-order valence-electron chi connectivity index (χ2n) is 5.89. The number of thioether (sulfide) groups is 1. The lowest BCUT2D eigenvalue weighted by Gasteiger charge is -2.16. The minimum atomic E-state index is 0. The third-order valence-electron chi connectivity index (χ3n) is 3.93. The molecular formula is C18H19Cl3N2OS. The van der Waals surface area contributed by atoms with E-state index in [0.29, 0.717) is 22.2 Å². The van der Waals surface area contributed by atoms with Gasteiger partial charge < -0.3 is 10.6 Å². The highest BCUT2D eigenvalue weighted by Crippen LogP contribution is 2.29. The molecule has 3 nitrogen and oxygen atoms in total. The van der Waals surface area contributed by atoms with Gasteiger partial charge in [-0.3, -0.25) is 4.79 Å². The largest absolute Gasteiger partial charge is 0.337 e. The number of amides is 1. The quantitative estimate of drug-likeness (QED) is 0.721. The highest BCUT2D eigenvalue weighted by atomic mass is 35.5. The van der Waals surface area contributed by atoms with Crippen molar-refractivity contribution in [3.05, 3.63) is 63.6 Å². The van der Waals surface area contributed by atoms with Crippen molar-refractivity contribution in [2.45, 2.75) is 23.1 Å². The van der Waals surface area contributed by atoms with Crippen LogP contribution in [-0.4, -0.2) is 29.9 Å². The Hall–Kier alpha value is -0.910. The Balaban J connectivity index is 0.00000225. The average molecular weight is 418 g/mol. The molecular weight excluding hydrogens is 399 g/mol. The van der Waals surface area contributed by atoms with Crippen LogP contribution in [0, 0.1) is 0 Å². The molecule has 0 saturated carbocycles. The maximum absolute atomic E-state index is 12.5. The number of halogens is 3. The van der Waals surface area contributed by atoms with Crippen LogP contribution in [0.1, 0.15) is 22.3 Å². The Kier molecular flexibility index (Phi) is 7.47. The second-order valence-corrected chi connectivity index (χ2v) is 7.82. The Morgan fingerprint density at radius 3 is 2.56 bits per heavy atom. The van der Waals surface area contributed by atoms with E-state index in [-0.39, 0.29) is 24.4 Å². The minimum absolute atomic E-state index is 0. The first-order chi connectivity index (χ1) is 11.5. The first-order valence-electron chi connectivity index (χ1n) is 7.74. The number of carbonyl (C=O) groups is 1. The zero-order valence-corrected chi connectivity index (χ0v) is 16.6. The molecule has 1 aliphatic heterocycles. The summed E-state index contributed by atoms with van der Waals surface area (Å²) >= 11 is 13.7. The number of rotatable bonds is 4. The normalized spacial score (nSPS) is 16.6. The van der Waals surface area contributed by atoms with Gasteiger partial charge in [-0.25, -0.2) is 0 Å². The van der Waals surface area contributed by atoms with Gasteiger partial charge in [-0.05, 0) is 42.3 Å². The summed E-state index contributed by atoms with van der Waals surface area (Å²) < 4.78 is 0. The molecule has 0 unspecified atom stereocenters. The fourth-order valence-electron chi connectivity index (χ4n) is 2.73. The van der Waals surface area contributed by atoms with Crippen LogP contribution >= 0.6 is 47.4 Å². The highest BCUT2D eigenvalue weighted by Gasteiger charge is 2.24.